The van der Waals surface area contributed by atoms with Crippen LogP contribution in [0, 0.1) is 23.7 Å². The Morgan fingerprint density at radius 3 is 2.39 bits per heavy atom. The summed E-state index contributed by atoms with van der Waals surface area (Å²) >= 11 is 0. The molecule has 31 heavy (non-hydrogen) atoms. The average Bonchev–Trinajstić information content (AvgIpc) is 3.45. The first-order chi connectivity index (χ1) is 15.0. The van der Waals surface area contributed by atoms with Gasteiger partial charge in [-0.25, -0.2) is 4.79 Å². The highest BCUT2D eigenvalue weighted by Crippen LogP contribution is 2.56. The van der Waals surface area contributed by atoms with Crippen LogP contribution in [0.2, 0.25) is 0 Å². The summed E-state index contributed by atoms with van der Waals surface area (Å²) in [6, 6.07) is 12.2. The Labute approximate surface area is 179 Å². The molecule has 1 heterocycles. The van der Waals surface area contributed by atoms with Crippen molar-refractivity contribution in [1.82, 2.24) is 4.90 Å². The van der Waals surface area contributed by atoms with E-state index in [2.05, 4.69) is 5.32 Å². The van der Waals surface area contributed by atoms with Gasteiger partial charge in [0.25, 0.3) is 5.91 Å². The van der Waals surface area contributed by atoms with Gasteiger partial charge >= 0.3 is 5.97 Å². The number of hydrogen-bond acceptors (Lipinski definition) is 5. The lowest BCUT2D eigenvalue weighted by molar-refractivity contribution is -0.159. The minimum Gasteiger partial charge on any atom is -0.454 e. The van der Waals surface area contributed by atoms with Crippen molar-refractivity contribution in [3.8, 4) is 0 Å². The van der Waals surface area contributed by atoms with Crippen molar-refractivity contribution in [1.29, 1.82) is 0 Å². The number of fused-ring (bicyclic) bond motifs is 6. The zero-order valence-corrected chi connectivity index (χ0v) is 17.2. The number of rotatable bonds is 5. The zero-order valence-electron chi connectivity index (χ0n) is 17.2. The lowest BCUT2D eigenvalue weighted by Gasteiger charge is -2.23. The Hall–Kier alpha value is -3.22. The minimum absolute atomic E-state index is 0.256. The third kappa shape index (κ3) is 3.19. The number of likely N-dealkylation sites (tertiary alicyclic amines) is 1. The van der Waals surface area contributed by atoms with E-state index in [1.807, 2.05) is 36.4 Å². The van der Waals surface area contributed by atoms with Crippen molar-refractivity contribution in [2.75, 3.05) is 11.9 Å². The molecule has 1 aliphatic heterocycles. The second-order valence-corrected chi connectivity index (χ2v) is 8.79. The molecule has 0 spiro atoms. The number of anilines is 1. The standard InChI is InChI=1S/C24H24N2O5/c1-13(26-22(28)20-15-9-10-16(11-15)21(20)23(26)29)24(30)31-12-19(27)25-18-8-4-6-14-5-2-3-7-17(14)18/h2-8,13,15-16,20-21H,9-12H2,1H3,(H,25,27)/t13-,15-,16+,20+,21+/m1/s1. The Bertz CT molecular complexity index is 1060. The van der Waals surface area contributed by atoms with E-state index in [9.17, 15) is 19.2 Å². The topological polar surface area (TPSA) is 92.8 Å². The number of ether oxygens (including phenoxy) is 1. The van der Waals surface area contributed by atoms with E-state index in [1.165, 1.54) is 6.92 Å². The number of carbonyl (C=O) groups excluding carboxylic acids is 4. The molecule has 7 heteroatoms. The van der Waals surface area contributed by atoms with Gasteiger partial charge in [-0.3, -0.25) is 19.3 Å². The van der Waals surface area contributed by atoms with Gasteiger partial charge in [0.05, 0.1) is 11.8 Å². The molecule has 5 rings (SSSR count). The van der Waals surface area contributed by atoms with Crippen LogP contribution in [0.5, 0.6) is 0 Å². The maximum atomic E-state index is 12.9. The van der Waals surface area contributed by atoms with Gasteiger partial charge in [0.1, 0.15) is 6.04 Å². The molecule has 2 aromatic carbocycles. The monoisotopic (exact) mass is 420 g/mol. The lowest BCUT2D eigenvalue weighted by Crippen LogP contribution is -2.45. The molecule has 3 aliphatic rings. The number of nitrogens with one attached hydrogen (secondary N) is 1. The summed E-state index contributed by atoms with van der Waals surface area (Å²) in [4.78, 5) is 51.7. The maximum Gasteiger partial charge on any atom is 0.329 e. The van der Waals surface area contributed by atoms with Gasteiger partial charge in [-0.1, -0.05) is 36.4 Å². The summed E-state index contributed by atoms with van der Waals surface area (Å²) in [5.41, 5.74) is 0.625. The number of amides is 3. The predicted molar refractivity (Wildman–Crippen MR) is 113 cm³/mol. The van der Waals surface area contributed by atoms with Gasteiger partial charge in [0.2, 0.25) is 11.8 Å². The molecular formula is C24H24N2O5. The highest BCUT2D eigenvalue weighted by atomic mass is 16.5. The predicted octanol–water partition coefficient (Wildman–Crippen LogP) is 2.74. The zero-order chi connectivity index (χ0) is 21.7. The molecule has 7 nitrogen and oxygen atoms in total. The van der Waals surface area contributed by atoms with Crippen molar-refractivity contribution in [3.05, 3.63) is 42.5 Å². The van der Waals surface area contributed by atoms with Gasteiger partial charge in [-0.15, -0.1) is 0 Å². The molecule has 160 valence electrons. The number of imide groups is 1. The number of benzene rings is 2. The number of carbonyl (C=O) groups is 4. The molecule has 2 bridgehead atoms. The minimum atomic E-state index is -1.03. The van der Waals surface area contributed by atoms with E-state index in [0.717, 1.165) is 34.9 Å². The molecule has 3 fully saturated rings. The van der Waals surface area contributed by atoms with Crippen LogP contribution < -0.4 is 5.32 Å². The van der Waals surface area contributed by atoms with Crippen LogP contribution in [0.25, 0.3) is 10.8 Å². The third-order valence-corrected chi connectivity index (χ3v) is 7.10. The van der Waals surface area contributed by atoms with Crippen LogP contribution in [0.3, 0.4) is 0 Å². The molecule has 2 saturated carbocycles. The van der Waals surface area contributed by atoms with E-state index < -0.39 is 24.5 Å². The number of hydrogen-bond donors (Lipinski definition) is 1. The van der Waals surface area contributed by atoms with Crippen molar-refractivity contribution >= 4 is 40.2 Å². The molecule has 2 aromatic rings. The second kappa shape index (κ2) is 7.48. The summed E-state index contributed by atoms with van der Waals surface area (Å²) in [6.45, 7) is 1.00. The van der Waals surface area contributed by atoms with E-state index in [0.29, 0.717) is 5.69 Å². The van der Waals surface area contributed by atoms with Crippen LogP contribution >= 0.6 is 0 Å². The maximum absolute atomic E-state index is 12.9. The second-order valence-electron chi connectivity index (χ2n) is 8.79. The quantitative estimate of drug-likeness (QED) is 0.593. The van der Waals surface area contributed by atoms with E-state index >= 15 is 0 Å². The van der Waals surface area contributed by atoms with Crippen LogP contribution in [0.4, 0.5) is 5.69 Å². The molecule has 2 aliphatic carbocycles. The van der Waals surface area contributed by atoms with Crippen LogP contribution in [-0.4, -0.2) is 41.2 Å². The van der Waals surface area contributed by atoms with Crippen LogP contribution in [-0.2, 0) is 23.9 Å². The summed E-state index contributed by atoms with van der Waals surface area (Å²) < 4.78 is 5.15. The number of esters is 1. The fourth-order valence-corrected chi connectivity index (χ4v) is 5.70. The first kappa shape index (κ1) is 19.7. The summed E-state index contributed by atoms with van der Waals surface area (Å²) in [7, 11) is 0. The Morgan fingerprint density at radius 1 is 1.03 bits per heavy atom. The smallest absolute Gasteiger partial charge is 0.329 e. The first-order valence-electron chi connectivity index (χ1n) is 10.8. The van der Waals surface area contributed by atoms with Gasteiger partial charge < -0.3 is 10.1 Å². The molecule has 0 unspecified atom stereocenters. The largest absolute Gasteiger partial charge is 0.454 e. The Kier molecular flexibility index (Phi) is 4.76. The average molecular weight is 420 g/mol. The molecule has 0 radical (unpaired) electrons. The highest BCUT2D eigenvalue weighted by Gasteiger charge is 2.62. The van der Waals surface area contributed by atoms with Crippen molar-refractivity contribution < 1.29 is 23.9 Å². The summed E-state index contributed by atoms with van der Waals surface area (Å²) in [5, 5.41) is 4.62. The van der Waals surface area contributed by atoms with Gasteiger partial charge in [0, 0.05) is 11.1 Å². The molecule has 1 saturated heterocycles. The molecular weight excluding hydrogens is 396 g/mol. The van der Waals surface area contributed by atoms with E-state index in [4.69, 9.17) is 4.74 Å². The fraction of sp³-hybridized carbons (Fsp3) is 0.417. The molecule has 0 aromatic heterocycles. The first-order valence-corrected chi connectivity index (χ1v) is 10.8. The van der Waals surface area contributed by atoms with E-state index in [-0.39, 0.29) is 35.5 Å². The fourth-order valence-electron chi connectivity index (χ4n) is 5.70. The molecule has 5 atom stereocenters. The Morgan fingerprint density at radius 2 is 1.68 bits per heavy atom. The van der Waals surface area contributed by atoms with Crippen molar-refractivity contribution in [2.24, 2.45) is 23.7 Å². The lowest BCUT2D eigenvalue weighted by atomic mass is 9.81. The number of nitrogens with zero attached hydrogens (tertiary/aromatic N) is 1. The molecule has 1 N–H and O–H groups in total. The van der Waals surface area contributed by atoms with Crippen LogP contribution in [0.15, 0.2) is 42.5 Å². The molecule has 3 amide bonds. The Balaban J connectivity index is 1.21. The third-order valence-electron chi connectivity index (χ3n) is 7.10. The SMILES string of the molecule is C[C@H](C(=O)OCC(=O)Nc1cccc2ccccc12)N1C(=O)[C@H]2[C@@H]3CC[C@@H](C3)[C@@H]2C1=O. The normalized spacial score (nSPS) is 27.5. The van der Waals surface area contributed by atoms with Gasteiger partial charge in [-0.05, 0) is 49.5 Å². The van der Waals surface area contributed by atoms with Gasteiger partial charge in [-0.2, -0.15) is 0 Å². The van der Waals surface area contributed by atoms with E-state index in [1.54, 1.807) is 6.07 Å². The van der Waals surface area contributed by atoms with Gasteiger partial charge in [0.15, 0.2) is 6.61 Å². The summed E-state index contributed by atoms with van der Waals surface area (Å²) in [5.74, 6) is -1.80. The van der Waals surface area contributed by atoms with Crippen LogP contribution in [0.1, 0.15) is 26.2 Å². The van der Waals surface area contributed by atoms with Crippen molar-refractivity contribution in [3.63, 3.8) is 0 Å². The van der Waals surface area contributed by atoms with Crippen molar-refractivity contribution in [2.45, 2.75) is 32.2 Å². The summed E-state index contributed by atoms with van der Waals surface area (Å²) in [6.07, 6.45) is 2.89. The highest BCUT2D eigenvalue weighted by molar-refractivity contribution is 6.09.